The molecule has 124 valence electrons. The van der Waals surface area contributed by atoms with Gasteiger partial charge in [0.15, 0.2) is 0 Å². The Kier molecular flexibility index (Phi) is 3.97. The lowest BCUT2D eigenvalue weighted by Crippen LogP contribution is -2.49. The second kappa shape index (κ2) is 6.14. The fourth-order valence-corrected chi connectivity index (χ4v) is 4.44. The molecule has 1 fully saturated rings. The van der Waals surface area contributed by atoms with E-state index in [-0.39, 0.29) is 22.7 Å². The lowest BCUT2D eigenvalue weighted by atomic mass is 9.74. The molecule has 4 heteroatoms. The number of fused-ring (bicyclic) bond motifs is 3. The zero-order chi connectivity index (χ0) is 16.7. The highest BCUT2D eigenvalue weighted by atomic mass is 35.5. The van der Waals surface area contributed by atoms with Gasteiger partial charge in [0.05, 0.1) is 5.02 Å². The van der Waals surface area contributed by atoms with Crippen molar-refractivity contribution in [3.63, 3.8) is 0 Å². The van der Waals surface area contributed by atoms with E-state index in [1.807, 2.05) is 4.90 Å². The number of hydrogen-bond donors (Lipinski definition) is 1. The molecule has 1 N–H and O–H groups in total. The van der Waals surface area contributed by atoms with Crippen LogP contribution < -0.4 is 0 Å². The number of rotatable bonds is 1. The van der Waals surface area contributed by atoms with Crippen molar-refractivity contribution in [2.45, 2.75) is 37.6 Å². The molecule has 1 saturated heterocycles. The van der Waals surface area contributed by atoms with Crippen LogP contribution in [-0.4, -0.2) is 28.5 Å². The summed E-state index contributed by atoms with van der Waals surface area (Å²) in [5.41, 5.74) is 3.40. The van der Waals surface area contributed by atoms with Crippen molar-refractivity contribution < 1.29 is 9.90 Å². The minimum atomic E-state index is 0.0105. The molecular formula is C20H20ClNO2. The molecule has 1 aliphatic carbocycles. The van der Waals surface area contributed by atoms with Gasteiger partial charge < -0.3 is 10.0 Å². The minimum Gasteiger partial charge on any atom is -0.506 e. The number of benzene rings is 2. The van der Waals surface area contributed by atoms with Crippen LogP contribution in [0.3, 0.4) is 0 Å². The predicted octanol–water partition coefficient (Wildman–Crippen LogP) is 4.38. The van der Waals surface area contributed by atoms with E-state index in [1.54, 1.807) is 12.1 Å². The second-order valence-electron chi connectivity index (χ2n) is 6.72. The average Bonchev–Trinajstić information content (AvgIpc) is 2.62. The Morgan fingerprint density at radius 1 is 1.17 bits per heavy atom. The fourth-order valence-electron chi connectivity index (χ4n) is 4.26. The summed E-state index contributed by atoms with van der Waals surface area (Å²) < 4.78 is 0. The van der Waals surface area contributed by atoms with Crippen LogP contribution in [0.1, 0.15) is 46.7 Å². The lowest BCUT2D eigenvalue weighted by Gasteiger charge is -2.45. The average molecular weight is 342 g/mol. The first kappa shape index (κ1) is 15.5. The molecule has 1 unspecified atom stereocenters. The molecule has 2 aromatic carbocycles. The number of amides is 1. The highest BCUT2D eigenvalue weighted by Gasteiger charge is 2.38. The van der Waals surface area contributed by atoms with E-state index in [2.05, 4.69) is 24.3 Å². The molecule has 1 heterocycles. The SMILES string of the molecule is O=C(c1ccc(O)c(Cl)c1)N1CCCC2c3ccccc3CC[C@@H]21. The molecule has 0 bridgehead atoms. The molecule has 2 aliphatic rings. The fraction of sp³-hybridized carbons (Fsp3) is 0.350. The predicted molar refractivity (Wildman–Crippen MR) is 94.7 cm³/mol. The zero-order valence-corrected chi connectivity index (χ0v) is 14.2. The smallest absolute Gasteiger partial charge is 0.254 e. The number of carbonyl (C=O) groups excluding carboxylic acids is 1. The van der Waals surface area contributed by atoms with E-state index in [9.17, 15) is 9.90 Å². The molecule has 0 saturated carbocycles. The van der Waals surface area contributed by atoms with Crippen LogP contribution in [-0.2, 0) is 6.42 Å². The summed E-state index contributed by atoms with van der Waals surface area (Å²) in [5, 5.41) is 9.80. The number of likely N-dealkylation sites (tertiary alicyclic amines) is 1. The summed E-state index contributed by atoms with van der Waals surface area (Å²) in [6.07, 6.45) is 4.20. The van der Waals surface area contributed by atoms with E-state index >= 15 is 0 Å². The number of nitrogens with zero attached hydrogens (tertiary/aromatic N) is 1. The number of phenols is 1. The van der Waals surface area contributed by atoms with E-state index in [0.29, 0.717) is 11.5 Å². The second-order valence-corrected chi connectivity index (χ2v) is 7.13. The number of halogens is 1. The van der Waals surface area contributed by atoms with Crippen LogP contribution in [0.2, 0.25) is 5.02 Å². The summed E-state index contributed by atoms with van der Waals surface area (Å²) in [6.45, 7) is 0.792. The normalized spacial score (nSPS) is 22.6. The van der Waals surface area contributed by atoms with Crippen molar-refractivity contribution in [3.8, 4) is 5.75 Å². The van der Waals surface area contributed by atoms with Gasteiger partial charge in [0.2, 0.25) is 0 Å². The number of phenolic OH excluding ortho intramolecular Hbond substituents is 1. The van der Waals surface area contributed by atoms with Crippen LogP contribution in [0.4, 0.5) is 0 Å². The maximum Gasteiger partial charge on any atom is 0.254 e. The summed E-state index contributed by atoms with van der Waals surface area (Å²) in [6, 6.07) is 13.6. The van der Waals surface area contributed by atoms with Crippen molar-refractivity contribution in [3.05, 3.63) is 64.2 Å². The Morgan fingerprint density at radius 2 is 2.00 bits per heavy atom. The highest BCUT2D eigenvalue weighted by molar-refractivity contribution is 6.32. The summed E-state index contributed by atoms with van der Waals surface area (Å²) >= 11 is 5.98. The standard InChI is InChI=1S/C20H20ClNO2/c21-17-12-14(8-10-19(17)23)20(24)22-11-3-6-16-15-5-2-1-4-13(15)7-9-18(16)22/h1-2,4-5,8,10,12,16,18,23H,3,6-7,9,11H2/t16?,18-/m0/s1. The first-order valence-corrected chi connectivity index (χ1v) is 8.90. The van der Waals surface area contributed by atoms with Gasteiger partial charge in [-0.1, -0.05) is 35.9 Å². The number of carbonyl (C=O) groups is 1. The monoisotopic (exact) mass is 341 g/mol. The number of aryl methyl sites for hydroxylation is 1. The van der Waals surface area contributed by atoms with Gasteiger partial charge in [-0.2, -0.15) is 0 Å². The maximum absolute atomic E-state index is 13.0. The molecule has 3 nitrogen and oxygen atoms in total. The summed E-state index contributed by atoms with van der Waals surface area (Å²) in [4.78, 5) is 15.0. The molecule has 2 atom stereocenters. The van der Waals surface area contributed by atoms with E-state index in [0.717, 1.165) is 32.2 Å². The molecule has 0 aromatic heterocycles. The van der Waals surface area contributed by atoms with Gasteiger partial charge in [-0.05, 0) is 55.0 Å². The third kappa shape index (κ3) is 2.57. The molecule has 0 radical (unpaired) electrons. The molecule has 24 heavy (non-hydrogen) atoms. The van der Waals surface area contributed by atoms with Crippen molar-refractivity contribution >= 4 is 17.5 Å². The molecule has 2 aromatic rings. The Morgan fingerprint density at radius 3 is 2.83 bits per heavy atom. The number of aromatic hydroxyl groups is 1. The lowest BCUT2D eigenvalue weighted by molar-refractivity contribution is 0.0547. The Balaban J connectivity index is 1.64. The number of hydrogen-bond acceptors (Lipinski definition) is 2. The summed E-state index contributed by atoms with van der Waals surface area (Å²) in [7, 11) is 0. The van der Waals surface area contributed by atoms with Gasteiger partial charge in [0.1, 0.15) is 5.75 Å². The molecule has 1 amide bonds. The third-order valence-electron chi connectivity index (χ3n) is 5.40. The van der Waals surface area contributed by atoms with Gasteiger partial charge in [-0.15, -0.1) is 0 Å². The highest BCUT2D eigenvalue weighted by Crippen LogP contribution is 2.41. The molecule has 4 rings (SSSR count). The maximum atomic E-state index is 13.0. The third-order valence-corrected chi connectivity index (χ3v) is 5.70. The number of piperidine rings is 1. The summed E-state index contributed by atoms with van der Waals surface area (Å²) in [5.74, 6) is 0.461. The Bertz CT molecular complexity index is 789. The van der Waals surface area contributed by atoms with Gasteiger partial charge in [0.25, 0.3) is 5.91 Å². The Hall–Kier alpha value is -2.00. The quantitative estimate of drug-likeness (QED) is 0.836. The Labute approximate surface area is 146 Å². The van der Waals surface area contributed by atoms with Crippen LogP contribution in [0.5, 0.6) is 5.75 Å². The van der Waals surface area contributed by atoms with Crippen LogP contribution in [0, 0.1) is 0 Å². The van der Waals surface area contributed by atoms with Gasteiger partial charge >= 0.3 is 0 Å². The van der Waals surface area contributed by atoms with E-state index < -0.39 is 0 Å². The topological polar surface area (TPSA) is 40.5 Å². The van der Waals surface area contributed by atoms with Crippen molar-refractivity contribution in [2.24, 2.45) is 0 Å². The van der Waals surface area contributed by atoms with Gasteiger partial charge in [-0.3, -0.25) is 4.79 Å². The first-order valence-electron chi connectivity index (χ1n) is 8.52. The molecule has 0 spiro atoms. The van der Waals surface area contributed by atoms with Crippen LogP contribution >= 0.6 is 11.6 Å². The van der Waals surface area contributed by atoms with Crippen LogP contribution in [0.15, 0.2) is 42.5 Å². The van der Waals surface area contributed by atoms with Crippen LogP contribution in [0.25, 0.3) is 0 Å². The van der Waals surface area contributed by atoms with E-state index in [1.165, 1.54) is 17.2 Å². The first-order chi connectivity index (χ1) is 11.6. The molecule has 1 aliphatic heterocycles. The molecular weight excluding hydrogens is 322 g/mol. The zero-order valence-electron chi connectivity index (χ0n) is 13.4. The van der Waals surface area contributed by atoms with Gasteiger partial charge in [-0.25, -0.2) is 0 Å². The minimum absolute atomic E-state index is 0.0105. The van der Waals surface area contributed by atoms with E-state index in [4.69, 9.17) is 11.6 Å². The van der Waals surface area contributed by atoms with Crippen molar-refractivity contribution in [1.82, 2.24) is 4.90 Å². The van der Waals surface area contributed by atoms with Gasteiger partial charge in [0, 0.05) is 24.1 Å². The van der Waals surface area contributed by atoms with Crippen molar-refractivity contribution in [2.75, 3.05) is 6.54 Å². The van der Waals surface area contributed by atoms with Crippen molar-refractivity contribution in [1.29, 1.82) is 0 Å². The largest absolute Gasteiger partial charge is 0.506 e.